The summed E-state index contributed by atoms with van der Waals surface area (Å²) >= 11 is 0. The monoisotopic (exact) mass is 336 g/mol. The highest BCUT2D eigenvalue weighted by Crippen LogP contribution is 2.56. The van der Waals surface area contributed by atoms with Gasteiger partial charge in [-0.1, -0.05) is 42.5 Å². The van der Waals surface area contributed by atoms with Crippen LogP contribution in [0.5, 0.6) is 5.75 Å². The molecule has 0 aromatic heterocycles. The van der Waals surface area contributed by atoms with Gasteiger partial charge in [0.25, 0.3) is 0 Å². The summed E-state index contributed by atoms with van der Waals surface area (Å²) in [6.45, 7) is 0.610. The Hall–Kier alpha value is -1.84. The number of rotatable bonds is 5. The fraction of sp³-hybridized carbons (Fsp3) is 0.455. The van der Waals surface area contributed by atoms with Gasteiger partial charge in [0.05, 0.1) is 0 Å². The molecule has 3 heteroatoms. The summed E-state index contributed by atoms with van der Waals surface area (Å²) in [5, 5.41) is 0. The van der Waals surface area contributed by atoms with Crippen LogP contribution in [0.2, 0.25) is 0 Å². The maximum atomic E-state index is 6.72. The topological polar surface area (TPSA) is 61.3 Å². The predicted octanol–water partition coefficient (Wildman–Crippen LogP) is 3.97. The van der Waals surface area contributed by atoms with Crippen molar-refractivity contribution in [2.24, 2.45) is 17.4 Å². The van der Waals surface area contributed by atoms with Crippen molar-refractivity contribution in [3.05, 3.63) is 65.7 Å². The molecule has 2 atom stereocenters. The summed E-state index contributed by atoms with van der Waals surface area (Å²) in [7, 11) is 0. The highest BCUT2D eigenvalue weighted by atomic mass is 16.5. The van der Waals surface area contributed by atoms with Crippen LogP contribution < -0.4 is 16.2 Å². The number of hydrogen-bond acceptors (Lipinski definition) is 3. The lowest BCUT2D eigenvalue weighted by atomic mass is 9.76. The van der Waals surface area contributed by atoms with Crippen LogP contribution in [0.4, 0.5) is 0 Å². The molecule has 2 fully saturated rings. The van der Waals surface area contributed by atoms with Gasteiger partial charge in [-0.2, -0.15) is 0 Å². The van der Waals surface area contributed by atoms with Gasteiger partial charge in [-0.05, 0) is 67.2 Å². The fourth-order valence-electron chi connectivity index (χ4n) is 4.30. The average Bonchev–Trinajstić information content (AvgIpc) is 3.46. The Labute approximate surface area is 150 Å². The van der Waals surface area contributed by atoms with Crippen molar-refractivity contribution < 1.29 is 4.74 Å². The molecule has 4 N–H and O–H groups in total. The van der Waals surface area contributed by atoms with Gasteiger partial charge in [0.1, 0.15) is 12.4 Å². The number of hydrogen-bond donors (Lipinski definition) is 2. The quantitative estimate of drug-likeness (QED) is 0.868. The van der Waals surface area contributed by atoms with E-state index >= 15 is 0 Å². The van der Waals surface area contributed by atoms with Gasteiger partial charge in [0, 0.05) is 11.6 Å². The molecule has 4 rings (SSSR count). The van der Waals surface area contributed by atoms with E-state index in [1.54, 1.807) is 0 Å². The van der Waals surface area contributed by atoms with E-state index < -0.39 is 0 Å². The first kappa shape index (κ1) is 16.6. The van der Waals surface area contributed by atoms with E-state index in [1.807, 2.05) is 18.2 Å². The Bertz CT molecular complexity index is 690. The van der Waals surface area contributed by atoms with Crippen LogP contribution in [0.15, 0.2) is 54.6 Å². The average molecular weight is 336 g/mol. The minimum atomic E-state index is 0.00299. The maximum Gasteiger partial charge on any atom is 0.119 e. The standard InChI is InChI=1S/C22H28N2O/c23-18-10-12-22(24,13-11-18)21-14-20(21)17-6-8-19(9-7-17)25-15-16-4-2-1-3-5-16/h1-9,18,20-21H,10-15,23-24H2/t18?,20-,21+,22?/m0/s1. The third-order valence-corrected chi connectivity index (χ3v) is 6.05. The molecule has 2 aromatic rings. The van der Waals surface area contributed by atoms with Crippen molar-refractivity contribution in [3.8, 4) is 5.75 Å². The van der Waals surface area contributed by atoms with E-state index in [9.17, 15) is 0 Å². The van der Waals surface area contributed by atoms with Crippen molar-refractivity contribution in [2.75, 3.05) is 0 Å². The molecule has 2 aromatic carbocycles. The van der Waals surface area contributed by atoms with Gasteiger partial charge in [0.2, 0.25) is 0 Å². The van der Waals surface area contributed by atoms with Gasteiger partial charge in [-0.15, -0.1) is 0 Å². The summed E-state index contributed by atoms with van der Waals surface area (Å²) in [5.74, 6) is 2.16. The molecular weight excluding hydrogens is 308 g/mol. The first-order chi connectivity index (χ1) is 12.1. The lowest BCUT2D eigenvalue weighted by Crippen LogP contribution is -2.48. The summed E-state index contributed by atoms with van der Waals surface area (Å²) in [4.78, 5) is 0. The van der Waals surface area contributed by atoms with Crippen LogP contribution in [0.3, 0.4) is 0 Å². The molecule has 0 unspecified atom stereocenters. The van der Waals surface area contributed by atoms with Crippen molar-refractivity contribution >= 4 is 0 Å². The van der Waals surface area contributed by atoms with E-state index in [2.05, 4.69) is 36.4 Å². The Morgan fingerprint density at radius 3 is 2.32 bits per heavy atom. The van der Waals surface area contributed by atoms with Crippen LogP contribution in [0, 0.1) is 5.92 Å². The van der Waals surface area contributed by atoms with Crippen LogP contribution in [0.25, 0.3) is 0 Å². The van der Waals surface area contributed by atoms with E-state index in [0.717, 1.165) is 31.4 Å². The molecular formula is C22H28N2O. The summed E-state index contributed by atoms with van der Waals surface area (Å²) in [6, 6.07) is 19.2. The van der Waals surface area contributed by atoms with E-state index in [4.69, 9.17) is 16.2 Å². The Morgan fingerprint density at radius 1 is 0.960 bits per heavy atom. The molecule has 0 aliphatic heterocycles. The van der Waals surface area contributed by atoms with Crippen molar-refractivity contribution in [1.29, 1.82) is 0 Å². The van der Waals surface area contributed by atoms with Gasteiger partial charge in [0.15, 0.2) is 0 Å². The van der Waals surface area contributed by atoms with E-state index in [1.165, 1.54) is 17.5 Å². The zero-order valence-electron chi connectivity index (χ0n) is 14.7. The van der Waals surface area contributed by atoms with Gasteiger partial charge in [-0.3, -0.25) is 0 Å². The van der Waals surface area contributed by atoms with Crippen LogP contribution in [-0.4, -0.2) is 11.6 Å². The third kappa shape index (κ3) is 3.73. The lowest BCUT2D eigenvalue weighted by molar-refractivity contribution is 0.239. The summed E-state index contributed by atoms with van der Waals surface area (Å²) in [6.07, 6.45) is 5.52. The van der Waals surface area contributed by atoms with E-state index in [0.29, 0.717) is 24.5 Å². The molecule has 2 aliphatic carbocycles. The highest BCUT2D eigenvalue weighted by Gasteiger charge is 2.51. The van der Waals surface area contributed by atoms with Crippen LogP contribution >= 0.6 is 0 Å². The van der Waals surface area contributed by atoms with Crippen molar-refractivity contribution in [2.45, 2.75) is 56.2 Å². The molecule has 2 aliphatic rings. The minimum absolute atomic E-state index is 0.00299. The Balaban J connectivity index is 1.34. The molecule has 3 nitrogen and oxygen atoms in total. The molecule has 0 amide bonds. The number of ether oxygens (including phenoxy) is 1. The molecule has 2 saturated carbocycles. The molecule has 0 bridgehead atoms. The fourth-order valence-corrected chi connectivity index (χ4v) is 4.30. The van der Waals surface area contributed by atoms with Crippen molar-refractivity contribution in [1.82, 2.24) is 0 Å². The van der Waals surface area contributed by atoms with Gasteiger partial charge >= 0.3 is 0 Å². The minimum Gasteiger partial charge on any atom is -0.489 e. The molecule has 132 valence electrons. The largest absolute Gasteiger partial charge is 0.489 e. The van der Waals surface area contributed by atoms with Gasteiger partial charge < -0.3 is 16.2 Å². The molecule has 0 saturated heterocycles. The third-order valence-electron chi connectivity index (χ3n) is 6.05. The van der Waals surface area contributed by atoms with Crippen LogP contribution in [0.1, 0.15) is 49.1 Å². The first-order valence-corrected chi connectivity index (χ1v) is 9.45. The second-order valence-electron chi connectivity index (χ2n) is 7.86. The SMILES string of the molecule is NC1CCC(N)([C@@H]2C[C@H]2c2ccc(OCc3ccccc3)cc2)CC1. The zero-order chi connectivity index (χ0) is 17.3. The predicted molar refractivity (Wildman–Crippen MR) is 101 cm³/mol. The summed E-state index contributed by atoms with van der Waals surface area (Å²) < 4.78 is 5.88. The molecule has 0 radical (unpaired) electrons. The normalized spacial score (nSPS) is 31.5. The highest BCUT2D eigenvalue weighted by molar-refractivity contribution is 5.34. The number of nitrogens with two attached hydrogens (primary N) is 2. The summed E-state index contributed by atoms with van der Waals surface area (Å²) in [5.41, 5.74) is 15.3. The van der Waals surface area contributed by atoms with E-state index in [-0.39, 0.29) is 5.54 Å². The smallest absolute Gasteiger partial charge is 0.119 e. The molecule has 0 spiro atoms. The molecule has 0 heterocycles. The second-order valence-corrected chi connectivity index (χ2v) is 7.86. The first-order valence-electron chi connectivity index (χ1n) is 9.45. The Kier molecular flexibility index (Phi) is 4.53. The Morgan fingerprint density at radius 2 is 1.64 bits per heavy atom. The maximum absolute atomic E-state index is 6.72. The van der Waals surface area contributed by atoms with Crippen LogP contribution in [-0.2, 0) is 6.61 Å². The molecule has 25 heavy (non-hydrogen) atoms. The number of benzene rings is 2. The lowest BCUT2D eigenvalue weighted by Gasteiger charge is -2.36. The second kappa shape index (κ2) is 6.81. The van der Waals surface area contributed by atoms with Gasteiger partial charge in [-0.25, -0.2) is 0 Å². The zero-order valence-corrected chi connectivity index (χ0v) is 14.7. The van der Waals surface area contributed by atoms with Crippen molar-refractivity contribution in [3.63, 3.8) is 0 Å².